The van der Waals surface area contributed by atoms with E-state index in [9.17, 15) is 9.90 Å². The Morgan fingerprint density at radius 3 is 2.56 bits per heavy atom. The summed E-state index contributed by atoms with van der Waals surface area (Å²) in [5.74, 6) is -0.0162. The van der Waals surface area contributed by atoms with Crippen LogP contribution in [0.2, 0.25) is 0 Å². The van der Waals surface area contributed by atoms with Crippen molar-refractivity contribution in [1.82, 2.24) is 4.90 Å². The lowest BCUT2D eigenvalue weighted by Gasteiger charge is -2.24. The van der Waals surface area contributed by atoms with Crippen LogP contribution in [0.4, 0.5) is 4.79 Å². The fourth-order valence-corrected chi connectivity index (χ4v) is 1.71. The van der Waals surface area contributed by atoms with Gasteiger partial charge in [0, 0.05) is 19.6 Å². The molecule has 1 saturated heterocycles. The summed E-state index contributed by atoms with van der Waals surface area (Å²) in [6, 6.07) is 0. The number of methoxy groups -OCH3 is 1. The number of aliphatic hydroxyl groups excluding tert-OH is 1. The Bertz CT molecular complexity index is 249. The molecule has 1 heterocycles. The van der Waals surface area contributed by atoms with Crippen molar-refractivity contribution in [2.45, 2.75) is 32.5 Å². The van der Waals surface area contributed by atoms with E-state index in [1.165, 1.54) is 4.90 Å². The molecule has 0 aromatic rings. The first kappa shape index (κ1) is 13.3. The van der Waals surface area contributed by atoms with Gasteiger partial charge < -0.3 is 19.5 Å². The summed E-state index contributed by atoms with van der Waals surface area (Å²) in [4.78, 5) is 13.2. The fraction of sp³-hybridized carbons (Fsp3) is 0.909. The number of carbonyl (C=O) groups excluding carboxylic acids is 1. The average Bonchev–Trinajstić information content (AvgIpc) is 2.46. The van der Waals surface area contributed by atoms with E-state index in [4.69, 9.17) is 9.47 Å². The number of nitrogens with zero attached hydrogens (tertiary/aromatic N) is 1. The summed E-state index contributed by atoms with van der Waals surface area (Å²) >= 11 is 0. The number of carbonyl (C=O) groups is 1. The Balaban J connectivity index is 2.48. The first-order valence-corrected chi connectivity index (χ1v) is 5.48. The summed E-state index contributed by atoms with van der Waals surface area (Å²) in [5, 5.41) is 9.71. The SMILES string of the molecule is COC[C@@H]1CN(C(=O)OC(C)(C)C)C[C@@H]1O. The molecule has 2 atom stereocenters. The van der Waals surface area contributed by atoms with E-state index in [0.29, 0.717) is 19.7 Å². The molecule has 0 saturated carbocycles. The van der Waals surface area contributed by atoms with Gasteiger partial charge in [-0.05, 0) is 20.8 Å². The van der Waals surface area contributed by atoms with E-state index < -0.39 is 11.7 Å². The van der Waals surface area contributed by atoms with Crippen molar-refractivity contribution in [2.24, 2.45) is 5.92 Å². The van der Waals surface area contributed by atoms with Gasteiger partial charge in [0.1, 0.15) is 5.60 Å². The Morgan fingerprint density at radius 1 is 1.44 bits per heavy atom. The van der Waals surface area contributed by atoms with Gasteiger partial charge in [-0.15, -0.1) is 0 Å². The second-order valence-corrected chi connectivity index (χ2v) is 5.17. The van der Waals surface area contributed by atoms with Crippen LogP contribution in [0, 0.1) is 5.92 Å². The molecular formula is C11H21NO4. The van der Waals surface area contributed by atoms with Crippen LogP contribution in [0.5, 0.6) is 0 Å². The van der Waals surface area contributed by atoms with E-state index in [0.717, 1.165) is 0 Å². The zero-order valence-electron chi connectivity index (χ0n) is 10.4. The van der Waals surface area contributed by atoms with Crippen molar-refractivity contribution in [3.05, 3.63) is 0 Å². The van der Waals surface area contributed by atoms with E-state index in [1.807, 2.05) is 20.8 Å². The first-order valence-electron chi connectivity index (χ1n) is 5.48. The predicted molar refractivity (Wildman–Crippen MR) is 59.2 cm³/mol. The molecule has 0 aliphatic carbocycles. The van der Waals surface area contributed by atoms with Gasteiger partial charge in [0.25, 0.3) is 0 Å². The second kappa shape index (κ2) is 5.01. The van der Waals surface area contributed by atoms with Crippen molar-refractivity contribution in [3.8, 4) is 0 Å². The van der Waals surface area contributed by atoms with Gasteiger partial charge in [-0.25, -0.2) is 4.79 Å². The Hall–Kier alpha value is -0.810. The summed E-state index contributed by atoms with van der Waals surface area (Å²) < 4.78 is 10.2. The van der Waals surface area contributed by atoms with Crippen LogP contribution in [0.3, 0.4) is 0 Å². The minimum atomic E-state index is -0.521. The summed E-state index contributed by atoms with van der Waals surface area (Å²) in [7, 11) is 1.59. The Morgan fingerprint density at radius 2 is 2.06 bits per heavy atom. The van der Waals surface area contributed by atoms with Gasteiger partial charge in [-0.1, -0.05) is 0 Å². The smallest absolute Gasteiger partial charge is 0.410 e. The largest absolute Gasteiger partial charge is 0.444 e. The summed E-state index contributed by atoms with van der Waals surface area (Å²) in [6.45, 7) is 6.74. The predicted octanol–water partition coefficient (Wildman–Crippen LogP) is 0.861. The van der Waals surface area contributed by atoms with Crippen molar-refractivity contribution in [1.29, 1.82) is 0 Å². The zero-order chi connectivity index (χ0) is 12.3. The third-order valence-electron chi connectivity index (χ3n) is 2.44. The minimum Gasteiger partial charge on any atom is -0.444 e. The highest BCUT2D eigenvalue weighted by Crippen LogP contribution is 2.20. The molecule has 5 heteroatoms. The lowest BCUT2D eigenvalue weighted by Crippen LogP contribution is -2.35. The standard InChI is InChI=1S/C11H21NO4/c1-11(2,3)16-10(14)12-5-8(7-15-4)9(13)6-12/h8-9,13H,5-7H2,1-4H3/t8-,9-/m0/s1. The number of hydrogen-bond donors (Lipinski definition) is 1. The van der Waals surface area contributed by atoms with Gasteiger partial charge in [0.05, 0.1) is 19.3 Å². The molecule has 1 rings (SSSR count). The molecule has 1 amide bonds. The molecule has 94 valence electrons. The number of β-amino-alcohol motifs (C(OH)–C–C–N with tert-alkyl or cyclic N) is 1. The Labute approximate surface area is 96.3 Å². The van der Waals surface area contributed by atoms with E-state index in [1.54, 1.807) is 7.11 Å². The molecule has 1 N–H and O–H groups in total. The first-order chi connectivity index (χ1) is 7.33. The van der Waals surface area contributed by atoms with Crippen LogP contribution in [0.15, 0.2) is 0 Å². The lowest BCUT2D eigenvalue weighted by atomic mass is 10.1. The molecule has 0 spiro atoms. The van der Waals surface area contributed by atoms with Crippen LogP contribution in [-0.2, 0) is 9.47 Å². The van der Waals surface area contributed by atoms with Crippen LogP contribution >= 0.6 is 0 Å². The van der Waals surface area contributed by atoms with Crippen molar-refractivity contribution in [2.75, 3.05) is 26.8 Å². The lowest BCUT2D eigenvalue weighted by molar-refractivity contribution is 0.0269. The number of rotatable bonds is 2. The molecule has 5 nitrogen and oxygen atoms in total. The molecular weight excluding hydrogens is 210 g/mol. The maximum atomic E-state index is 11.7. The number of aliphatic hydroxyl groups is 1. The van der Waals surface area contributed by atoms with E-state index in [-0.39, 0.29) is 12.0 Å². The summed E-state index contributed by atoms with van der Waals surface area (Å²) in [6.07, 6.45) is -0.891. The van der Waals surface area contributed by atoms with Crippen molar-refractivity contribution in [3.63, 3.8) is 0 Å². The van der Waals surface area contributed by atoms with E-state index >= 15 is 0 Å². The highest BCUT2D eigenvalue weighted by molar-refractivity contribution is 5.68. The van der Waals surface area contributed by atoms with Crippen molar-refractivity contribution < 1.29 is 19.4 Å². The maximum Gasteiger partial charge on any atom is 0.410 e. The van der Waals surface area contributed by atoms with E-state index in [2.05, 4.69) is 0 Å². The maximum absolute atomic E-state index is 11.7. The average molecular weight is 231 g/mol. The van der Waals surface area contributed by atoms with Gasteiger partial charge >= 0.3 is 6.09 Å². The number of amides is 1. The van der Waals surface area contributed by atoms with Crippen molar-refractivity contribution >= 4 is 6.09 Å². The quantitative estimate of drug-likeness (QED) is 0.765. The molecule has 16 heavy (non-hydrogen) atoms. The molecule has 0 bridgehead atoms. The molecule has 1 aliphatic heterocycles. The van der Waals surface area contributed by atoms with Gasteiger partial charge in [0.2, 0.25) is 0 Å². The van der Waals surface area contributed by atoms with Crippen LogP contribution < -0.4 is 0 Å². The highest BCUT2D eigenvalue weighted by atomic mass is 16.6. The Kier molecular flexibility index (Phi) is 4.15. The summed E-state index contributed by atoms with van der Waals surface area (Å²) in [5.41, 5.74) is -0.499. The normalized spacial score (nSPS) is 25.9. The number of ether oxygens (including phenoxy) is 2. The molecule has 1 fully saturated rings. The third-order valence-corrected chi connectivity index (χ3v) is 2.44. The molecule has 1 aliphatic rings. The van der Waals surface area contributed by atoms with Gasteiger partial charge in [-0.3, -0.25) is 0 Å². The molecule has 0 unspecified atom stereocenters. The highest BCUT2D eigenvalue weighted by Gasteiger charge is 2.35. The topological polar surface area (TPSA) is 59.0 Å². The number of likely N-dealkylation sites (tertiary alicyclic amines) is 1. The fourth-order valence-electron chi connectivity index (χ4n) is 1.71. The van der Waals surface area contributed by atoms with Gasteiger partial charge in [0.15, 0.2) is 0 Å². The number of hydrogen-bond acceptors (Lipinski definition) is 4. The minimum absolute atomic E-state index is 0.0162. The van der Waals surface area contributed by atoms with Crippen LogP contribution in [0.1, 0.15) is 20.8 Å². The molecule has 0 radical (unpaired) electrons. The monoisotopic (exact) mass is 231 g/mol. The molecule has 0 aromatic heterocycles. The second-order valence-electron chi connectivity index (χ2n) is 5.17. The zero-order valence-corrected chi connectivity index (χ0v) is 10.4. The van der Waals surface area contributed by atoms with Gasteiger partial charge in [-0.2, -0.15) is 0 Å². The third kappa shape index (κ3) is 3.64. The van der Waals surface area contributed by atoms with Crippen LogP contribution in [-0.4, -0.2) is 54.6 Å². The molecule has 0 aromatic carbocycles. The van der Waals surface area contributed by atoms with Crippen LogP contribution in [0.25, 0.3) is 0 Å².